The summed E-state index contributed by atoms with van der Waals surface area (Å²) in [7, 11) is 0. The van der Waals surface area contributed by atoms with Crippen LogP contribution in [0, 0.1) is 0 Å². The average molecular weight is 460 g/mol. The molecule has 1 fully saturated rings. The van der Waals surface area contributed by atoms with Gasteiger partial charge in [-0.05, 0) is 25.1 Å². The van der Waals surface area contributed by atoms with Gasteiger partial charge in [0.1, 0.15) is 11.6 Å². The molecule has 13 heteroatoms. The number of halogens is 6. The second-order valence-corrected chi connectivity index (χ2v) is 7.59. The van der Waals surface area contributed by atoms with Crippen molar-refractivity contribution in [1.29, 1.82) is 0 Å². The molecule has 2 aromatic rings. The molecule has 0 radical (unpaired) electrons. The Bertz CT molecular complexity index is 1040. The minimum atomic E-state index is -4.90. The molecule has 0 aliphatic carbocycles. The first-order valence-electron chi connectivity index (χ1n) is 9.64. The van der Waals surface area contributed by atoms with Crippen molar-refractivity contribution in [3.63, 3.8) is 0 Å². The third-order valence-corrected chi connectivity index (χ3v) is 5.22. The van der Waals surface area contributed by atoms with Crippen LogP contribution in [0.5, 0.6) is 0 Å². The number of carbonyl (C=O) groups is 1. The zero-order valence-electron chi connectivity index (χ0n) is 16.6. The number of hydrogen-bond acceptors (Lipinski definition) is 5. The van der Waals surface area contributed by atoms with E-state index >= 15 is 0 Å². The van der Waals surface area contributed by atoms with Gasteiger partial charge in [0, 0.05) is 43.0 Å². The first kappa shape index (κ1) is 22.1. The number of fused-ring (bicyclic) bond motifs is 1. The van der Waals surface area contributed by atoms with Crippen LogP contribution in [0.15, 0.2) is 24.4 Å². The Morgan fingerprint density at radius 3 is 2.56 bits per heavy atom. The highest BCUT2D eigenvalue weighted by Gasteiger charge is 2.47. The van der Waals surface area contributed by atoms with Crippen molar-refractivity contribution in [3.05, 3.63) is 35.5 Å². The second-order valence-electron chi connectivity index (χ2n) is 7.59. The van der Waals surface area contributed by atoms with Crippen molar-refractivity contribution in [2.24, 2.45) is 0 Å². The maximum atomic E-state index is 13.7. The van der Waals surface area contributed by atoms with E-state index in [-0.39, 0.29) is 28.9 Å². The van der Waals surface area contributed by atoms with Crippen molar-refractivity contribution in [2.45, 2.75) is 31.4 Å². The van der Waals surface area contributed by atoms with Crippen LogP contribution >= 0.6 is 0 Å². The summed E-state index contributed by atoms with van der Waals surface area (Å²) in [6.45, 7) is 3.15. The predicted octanol–water partition coefficient (Wildman–Crippen LogP) is 3.70. The van der Waals surface area contributed by atoms with E-state index in [1.807, 2.05) is 6.92 Å². The summed E-state index contributed by atoms with van der Waals surface area (Å²) in [5, 5.41) is 7.11. The van der Waals surface area contributed by atoms with E-state index in [9.17, 15) is 31.1 Å². The van der Waals surface area contributed by atoms with Crippen LogP contribution in [-0.2, 0) is 6.18 Å². The highest BCUT2D eigenvalue weighted by Crippen LogP contribution is 2.43. The lowest BCUT2D eigenvalue weighted by Crippen LogP contribution is -2.49. The molecule has 0 saturated carbocycles. The van der Waals surface area contributed by atoms with Gasteiger partial charge < -0.3 is 15.5 Å². The predicted molar refractivity (Wildman–Crippen MR) is 103 cm³/mol. The number of piperazine rings is 1. The number of urea groups is 1. The van der Waals surface area contributed by atoms with Crippen LogP contribution < -0.4 is 20.9 Å². The number of aromatic nitrogens is 2. The molecule has 1 unspecified atom stereocenters. The average Bonchev–Trinajstić information content (AvgIpc) is 2.71. The van der Waals surface area contributed by atoms with E-state index in [0.29, 0.717) is 25.7 Å². The Labute approximate surface area is 178 Å². The van der Waals surface area contributed by atoms with E-state index in [1.54, 1.807) is 10.2 Å². The molecule has 172 valence electrons. The van der Waals surface area contributed by atoms with E-state index < -0.39 is 35.6 Å². The normalized spacial score (nSPS) is 21.6. The lowest BCUT2D eigenvalue weighted by molar-refractivity contribution is -0.155. The highest BCUT2D eigenvalue weighted by molar-refractivity contribution is 5.94. The van der Waals surface area contributed by atoms with Gasteiger partial charge in [0.05, 0.1) is 11.3 Å². The molecule has 7 nitrogen and oxygen atoms in total. The van der Waals surface area contributed by atoms with Gasteiger partial charge in [-0.2, -0.15) is 26.3 Å². The summed E-state index contributed by atoms with van der Waals surface area (Å²) >= 11 is 0. The molecule has 2 aliphatic rings. The molecule has 0 bridgehead atoms. The molecule has 1 saturated heterocycles. The molecule has 4 rings (SSSR count). The van der Waals surface area contributed by atoms with Crippen LogP contribution in [0.1, 0.15) is 24.1 Å². The highest BCUT2D eigenvalue weighted by atomic mass is 19.4. The summed E-state index contributed by atoms with van der Waals surface area (Å²) in [6.07, 6.45) is -8.53. The fourth-order valence-electron chi connectivity index (χ4n) is 3.80. The minimum Gasteiger partial charge on any atom is -0.354 e. The van der Waals surface area contributed by atoms with Crippen molar-refractivity contribution in [3.8, 4) is 11.3 Å². The fourth-order valence-corrected chi connectivity index (χ4v) is 3.80. The number of alkyl halides is 6. The molecule has 2 aliphatic heterocycles. The number of anilines is 2. The van der Waals surface area contributed by atoms with E-state index in [2.05, 4.69) is 20.6 Å². The van der Waals surface area contributed by atoms with Crippen LogP contribution in [0.3, 0.4) is 0 Å². The summed E-state index contributed by atoms with van der Waals surface area (Å²) in [6, 6.07) is -0.828. The Morgan fingerprint density at radius 2 is 1.91 bits per heavy atom. The van der Waals surface area contributed by atoms with Crippen LogP contribution in [0.4, 0.5) is 42.8 Å². The monoisotopic (exact) mass is 460 g/mol. The maximum Gasteiger partial charge on any atom is 0.416 e. The summed E-state index contributed by atoms with van der Waals surface area (Å²) in [5.74, 6) is -0.379. The number of hydrogen-bond donors (Lipinski definition) is 3. The fraction of sp³-hybridized carbons (Fsp3) is 0.421. The first-order valence-corrected chi connectivity index (χ1v) is 9.64. The molecule has 0 spiro atoms. The van der Waals surface area contributed by atoms with Gasteiger partial charge in [0.25, 0.3) is 0 Å². The zero-order chi connectivity index (χ0) is 23.3. The number of nitrogens with one attached hydrogen (secondary N) is 3. The number of rotatable bonds is 2. The lowest BCUT2D eigenvalue weighted by atomic mass is 9.96. The third kappa shape index (κ3) is 4.29. The summed E-state index contributed by atoms with van der Waals surface area (Å²) < 4.78 is 82.0. The van der Waals surface area contributed by atoms with Gasteiger partial charge in [0.2, 0.25) is 0 Å². The molecule has 2 amide bonds. The van der Waals surface area contributed by atoms with E-state index in [4.69, 9.17) is 0 Å². The molecular formula is C19H18F6N6O. The summed E-state index contributed by atoms with van der Waals surface area (Å²) in [5.41, 5.74) is -2.04. The molecular weight excluding hydrogens is 442 g/mol. The quantitative estimate of drug-likeness (QED) is 0.596. The molecule has 32 heavy (non-hydrogen) atoms. The number of pyridine rings is 2. The lowest BCUT2D eigenvalue weighted by Gasteiger charge is -2.33. The van der Waals surface area contributed by atoms with Gasteiger partial charge >= 0.3 is 18.4 Å². The molecule has 0 aromatic carbocycles. The zero-order valence-corrected chi connectivity index (χ0v) is 16.6. The van der Waals surface area contributed by atoms with E-state index in [0.717, 1.165) is 18.3 Å². The van der Waals surface area contributed by atoms with E-state index in [1.165, 1.54) is 0 Å². The smallest absolute Gasteiger partial charge is 0.354 e. The minimum absolute atomic E-state index is 0.00472. The Balaban J connectivity index is 1.90. The Hall–Kier alpha value is -3.09. The van der Waals surface area contributed by atoms with Crippen LogP contribution in [0.2, 0.25) is 0 Å². The number of amides is 2. The standard InChI is InChI=1S/C19H18F6N6O/c1-9-8-31(5-4-26-9)13-7-10(18(20,21)22)6-12(28-13)11-2-3-27-16-14(11)15(19(23,24)25)29-17(32)30-16/h2-3,6-7,9,15,26H,4-5,8H2,1H3,(H2,27,29,30,32)/t9-,15?/m0/s1. The molecule has 2 atom stereocenters. The van der Waals surface area contributed by atoms with Crippen LogP contribution in [0.25, 0.3) is 11.3 Å². The Kier molecular flexibility index (Phi) is 5.39. The van der Waals surface area contributed by atoms with Crippen molar-refractivity contribution < 1.29 is 31.1 Å². The second kappa shape index (κ2) is 7.80. The number of nitrogens with zero attached hydrogens (tertiary/aromatic N) is 3. The van der Waals surface area contributed by atoms with Crippen LogP contribution in [-0.4, -0.2) is 47.9 Å². The van der Waals surface area contributed by atoms with Gasteiger partial charge in [0.15, 0.2) is 6.04 Å². The molecule has 4 heterocycles. The molecule has 3 N–H and O–H groups in total. The van der Waals surface area contributed by atoms with Gasteiger partial charge in [-0.15, -0.1) is 0 Å². The Morgan fingerprint density at radius 1 is 1.16 bits per heavy atom. The number of carbonyl (C=O) groups excluding carboxylic acids is 1. The van der Waals surface area contributed by atoms with Gasteiger partial charge in [-0.1, -0.05) is 0 Å². The van der Waals surface area contributed by atoms with Gasteiger partial charge in [-0.3, -0.25) is 5.32 Å². The summed E-state index contributed by atoms with van der Waals surface area (Å²) in [4.78, 5) is 21.4. The first-order chi connectivity index (χ1) is 14.9. The third-order valence-electron chi connectivity index (χ3n) is 5.22. The SMILES string of the molecule is C[C@H]1CN(c2cc(C(F)(F)F)cc(-c3ccnc4c3C(C(F)(F)F)NC(=O)N4)n2)CCN1. The largest absolute Gasteiger partial charge is 0.416 e. The van der Waals surface area contributed by atoms with Crippen molar-refractivity contribution >= 4 is 17.7 Å². The van der Waals surface area contributed by atoms with Crippen molar-refractivity contribution in [2.75, 3.05) is 29.9 Å². The topological polar surface area (TPSA) is 82.2 Å². The van der Waals surface area contributed by atoms with Crippen molar-refractivity contribution in [1.82, 2.24) is 20.6 Å². The maximum absolute atomic E-state index is 13.7. The molecule has 2 aromatic heterocycles. The van der Waals surface area contributed by atoms with Gasteiger partial charge in [-0.25, -0.2) is 14.8 Å².